The summed E-state index contributed by atoms with van der Waals surface area (Å²) >= 11 is 0. The molecule has 0 aromatic heterocycles. The molecule has 1 aliphatic carbocycles. The zero-order valence-electron chi connectivity index (χ0n) is 12.4. The first-order valence-electron chi connectivity index (χ1n) is 6.77. The number of hydrogen-bond donors (Lipinski definition) is 0. The molecule has 0 atom stereocenters. The van der Waals surface area contributed by atoms with Gasteiger partial charge in [0, 0.05) is 6.08 Å². The molecule has 0 amide bonds. The van der Waals surface area contributed by atoms with Gasteiger partial charge in [0.05, 0.1) is 0 Å². The Morgan fingerprint density at radius 3 is 1.82 bits per heavy atom. The van der Waals surface area contributed by atoms with E-state index in [0.29, 0.717) is 16.6 Å². The van der Waals surface area contributed by atoms with Gasteiger partial charge in [-0.3, -0.25) is 0 Å². The van der Waals surface area contributed by atoms with Crippen LogP contribution in [-0.2, 0) is 4.43 Å². The van der Waals surface area contributed by atoms with E-state index >= 15 is 0 Å². The molecule has 0 unspecified atom stereocenters. The maximum absolute atomic E-state index is 6.52. The van der Waals surface area contributed by atoms with E-state index < -0.39 is 8.32 Å². The summed E-state index contributed by atoms with van der Waals surface area (Å²) in [5.41, 5.74) is 3.25. The van der Waals surface area contributed by atoms with Gasteiger partial charge in [0.25, 0.3) is 8.32 Å². The fraction of sp³-hybridized carbons (Fsp3) is 0.733. The van der Waals surface area contributed by atoms with E-state index in [0.717, 1.165) is 12.2 Å². The van der Waals surface area contributed by atoms with Gasteiger partial charge in [-0.15, -0.1) is 0 Å². The second-order valence-electron chi connectivity index (χ2n) is 6.13. The SMILES string of the molecule is CC1=CC(O[Si](C(C)C)(C(C)C)C(C)C)=[C]C1. The average Bonchev–Trinajstić information content (AvgIpc) is 2.58. The Labute approximate surface area is 108 Å². The summed E-state index contributed by atoms with van der Waals surface area (Å²) in [6.45, 7) is 16.1. The molecule has 0 aromatic rings. The van der Waals surface area contributed by atoms with Crippen LogP contribution < -0.4 is 0 Å². The lowest BCUT2D eigenvalue weighted by Crippen LogP contribution is -2.47. The third kappa shape index (κ3) is 2.85. The van der Waals surface area contributed by atoms with E-state index in [1.807, 2.05) is 0 Å². The predicted molar refractivity (Wildman–Crippen MR) is 77.3 cm³/mol. The van der Waals surface area contributed by atoms with E-state index in [2.05, 4.69) is 60.6 Å². The molecule has 2 heteroatoms. The molecule has 0 aromatic carbocycles. The van der Waals surface area contributed by atoms with Gasteiger partial charge in [-0.2, -0.15) is 0 Å². The van der Waals surface area contributed by atoms with Crippen molar-refractivity contribution in [3.8, 4) is 0 Å². The summed E-state index contributed by atoms with van der Waals surface area (Å²) < 4.78 is 6.52. The highest BCUT2D eigenvalue weighted by molar-refractivity contribution is 6.77. The van der Waals surface area contributed by atoms with Crippen molar-refractivity contribution in [3.05, 3.63) is 23.5 Å². The highest BCUT2D eigenvalue weighted by Crippen LogP contribution is 2.44. The third-order valence-electron chi connectivity index (χ3n) is 3.91. The second kappa shape index (κ2) is 5.43. The summed E-state index contributed by atoms with van der Waals surface area (Å²) in [4.78, 5) is 0. The fourth-order valence-electron chi connectivity index (χ4n) is 3.16. The van der Waals surface area contributed by atoms with Crippen LogP contribution in [0.1, 0.15) is 54.9 Å². The standard InChI is InChI=1S/C15H27OSi/c1-11(2)17(12(3)4,13(5)6)16-15-9-8-14(7)10-15/h10-13H,8H2,1-7H3. The molecule has 0 N–H and O–H groups in total. The minimum absolute atomic E-state index is 0.631. The first-order chi connectivity index (χ1) is 7.80. The Bertz CT molecular complexity index is 302. The van der Waals surface area contributed by atoms with Gasteiger partial charge in [-0.1, -0.05) is 47.1 Å². The van der Waals surface area contributed by atoms with Gasteiger partial charge in [0.2, 0.25) is 0 Å². The molecule has 0 saturated heterocycles. The Morgan fingerprint density at radius 1 is 1.06 bits per heavy atom. The topological polar surface area (TPSA) is 9.23 Å². The van der Waals surface area contributed by atoms with Crippen molar-refractivity contribution in [2.45, 2.75) is 71.5 Å². The molecular weight excluding hydrogens is 224 g/mol. The molecule has 0 spiro atoms. The highest BCUT2D eigenvalue weighted by atomic mass is 28.4. The van der Waals surface area contributed by atoms with Gasteiger partial charge < -0.3 is 4.43 Å². The van der Waals surface area contributed by atoms with E-state index in [1.54, 1.807) is 0 Å². The summed E-state index contributed by atoms with van der Waals surface area (Å²) in [5, 5.41) is 0. The Balaban J connectivity index is 2.99. The van der Waals surface area contributed by atoms with Crippen LogP contribution in [0.3, 0.4) is 0 Å². The predicted octanol–water partition coefficient (Wildman–Crippen LogP) is 5.22. The van der Waals surface area contributed by atoms with Crippen LogP contribution in [-0.4, -0.2) is 8.32 Å². The molecule has 1 radical (unpaired) electrons. The Kier molecular flexibility index (Phi) is 4.65. The molecule has 0 saturated carbocycles. The van der Waals surface area contributed by atoms with Crippen molar-refractivity contribution in [1.82, 2.24) is 0 Å². The van der Waals surface area contributed by atoms with Crippen LogP contribution in [0.25, 0.3) is 0 Å². The molecule has 1 nitrogen and oxygen atoms in total. The third-order valence-corrected chi connectivity index (χ3v) is 9.90. The average molecular weight is 251 g/mol. The van der Waals surface area contributed by atoms with E-state index in [-0.39, 0.29) is 0 Å². The summed E-state index contributed by atoms with van der Waals surface area (Å²) in [6, 6.07) is 0. The van der Waals surface area contributed by atoms with Crippen LogP contribution in [0.4, 0.5) is 0 Å². The molecule has 0 heterocycles. The molecule has 0 bridgehead atoms. The van der Waals surface area contributed by atoms with Crippen LogP contribution >= 0.6 is 0 Å². The minimum Gasteiger partial charge on any atom is -0.542 e. The van der Waals surface area contributed by atoms with Crippen molar-refractivity contribution < 1.29 is 4.43 Å². The first kappa shape index (κ1) is 14.6. The largest absolute Gasteiger partial charge is 0.542 e. The van der Waals surface area contributed by atoms with Gasteiger partial charge >= 0.3 is 0 Å². The minimum atomic E-state index is -1.77. The van der Waals surface area contributed by atoms with Crippen molar-refractivity contribution in [1.29, 1.82) is 0 Å². The lowest BCUT2D eigenvalue weighted by Gasteiger charge is -2.42. The smallest absolute Gasteiger partial charge is 0.258 e. The van der Waals surface area contributed by atoms with E-state index in [4.69, 9.17) is 4.43 Å². The zero-order valence-corrected chi connectivity index (χ0v) is 13.4. The summed E-state index contributed by atoms with van der Waals surface area (Å²) in [5.74, 6) is 1.00. The summed E-state index contributed by atoms with van der Waals surface area (Å²) in [7, 11) is -1.77. The molecule has 17 heavy (non-hydrogen) atoms. The molecule has 97 valence electrons. The van der Waals surface area contributed by atoms with Crippen molar-refractivity contribution in [3.63, 3.8) is 0 Å². The summed E-state index contributed by atoms with van der Waals surface area (Å²) in [6.07, 6.45) is 6.46. The van der Waals surface area contributed by atoms with Crippen molar-refractivity contribution in [2.75, 3.05) is 0 Å². The van der Waals surface area contributed by atoms with E-state index in [1.165, 1.54) is 5.57 Å². The lowest BCUT2D eigenvalue weighted by molar-refractivity contribution is 0.385. The maximum Gasteiger partial charge on any atom is 0.258 e. The van der Waals surface area contributed by atoms with E-state index in [9.17, 15) is 0 Å². The number of hydrogen-bond acceptors (Lipinski definition) is 1. The fourth-order valence-corrected chi connectivity index (χ4v) is 8.38. The molecule has 0 aliphatic heterocycles. The van der Waals surface area contributed by atoms with Gasteiger partial charge in [0.1, 0.15) is 5.76 Å². The van der Waals surface area contributed by atoms with Crippen LogP contribution in [0.2, 0.25) is 16.6 Å². The van der Waals surface area contributed by atoms with Gasteiger partial charge in [-0.05, 0) is 36.0 Å². The van der Waals surface area contributed by atoms with Gasteiger partial charge in [0.15, 0.2) is 0 Å². The molecular formula is C15H27OSi. The molecule has 1 rings (SSSR count). The van der Waals surface area contributed by atoms with Crippen molar-refractivity contribution in [2.24, 2.45) is 0 Å². The molecule has 1 aliphatic rings. The van der Waals surface area contributed by atoms with Crippen LogP contribution in [0.15, 0.2) is 17.4 Å². The second-order valence-corrected chi connectivity index (χ2v) is 11.5. The number of rotatable bonds is 5. The monoisotopic (exact) mass is 251 g/mol. The quantitative estimate of drug-likeness (QED) is 0.609. The van der Waals surface area contributed by atoms with Crippen molar-refractivity contribution >= 4 is 8.32 Å². The highest BCUT2D eigenvalue weighted by Gasteiger charge is 2.47. The maximum atomic E-state index is 6.52. The molecule has 0 fully saturated rings. The van der Waals surface area contributed by atoms with Gasteiger partial charge in [-0.25, -0.2) is 0 Å². The van der Waals surface area contributed by atoms with Crippen LogP contribution in [0.5, 0.6) is 0 Å². The zero-order chi connectivity index (χ0) is 13.2. The lowest BCUT2D eigenvalue weighted by atomic mass is 10.3. The Morgan fingerprint density at radius 2 is 1.53 bits per heavy atom. The number of allylic oxidation sites excluding steroid dienone is 3. The normalized spacial score (nSPS) is 16.8. The first-order valence-corrected chi connectivity index (χ1v) is 8.91. The van der Waals surface area contributed by atoms with Crippen LogP contribution in [0, 0.1) is 6.08 Å². The Hall–Kier alpha value is -0.503.